The maximum absolute atomic E-state index is 13.8. The fraction of sp³-hybridized carbons (Fsp3) is 0.0714. The molecule has 4 heteroatoms. The molecular weight excluding hydrogens is 299 g/mol. The van der Waals surface area contributed by atoms with Crippen LogP contribution in [0, 0.1) is 12.7 Å². The number of carboxylic acids is 1. The van der Waals surface area contributed by atoms with Crippen molar-refractivity contribution in [2.45, 2.75) is 6.92 Å². The summed E-state index contributed by atoms with van der Waals surface area (Å²) >= 11 is 3.26. The van der Waals surface area contributed by atoms with E-state index < -0.39 is 11.8 Å². The Morgan fingerprint density at radius 2 is 1.89 bits per heavy atom. The van der Waals surface area contributed by atoms with E-state index in [1.807, 2.05) is 6.92 Å². The van der Waals surface area contributed by atoms with E-state index in [1.165, 1.54) is 12.1 Å². The second-order valence-corrected chi connectivity index (χ2v) is 4.89. The van der Waals surface area contributed by atoms with Gasteiger partial charge < -0.3 is 5.11 Å². The van der Waals surface area contributed by atoms with Gasteiger partial charge in [0.05, 0.1) is 5.56 Å². The van der Waals surface area contributed by atoms with Gasteiger partial charge in [0.15, 0.2) is 0 Å². The smallest absolute Gasteiger partial charge is 0.336 e. The number of carbonyl (C=O) groups is 1. The first-order valence-electron chi connectivity index (χ1n) is 5.28. The Bertz CT molecular complexity index is 623. The first-order valence-corrected chi connectivity index (χ1v) is 6.07. The number of aryl methyl sites for hydroxylation is 1. The van der Waals surface area contributed by atoms with Gasteiger partial charge in [-0.3, -0.25) is 0 Å². The van der Waals surface area contributed by atoms with Crippen LogP contribution in [0.3, 0.4) is 0 Å². The predicted octanol–water partition coefficient (Wildman–Crippen LogP) is 4.26. The molecule has 0 radical (unpaired) electrons. The minimum Gasteiger partial charge on any atom is -0.478 e. The van der Waals surface area contributed by atoms with Crippen molar-refractivity contribution in [3.8, 4) is 11.1 Å². The zero-order valence-corrected chi connectivity index (χ0v) is 11.2. The quantitative estimate of drug-likeness (QED) is 0.900. The van der Waals surface area contributed by atoms with Crippen molar-refractivity contribution in [2.75, 3.05) is 0 Å². The molecule has 18 heavy (non-hydrogen) atoms. The van der Waals surface area contributed by atoms with E-state index in [0.29, 0.717) is 10.0 Å². The Balaban J connectivity index is 2.73. The Labute approximate surface area is 112 Å². The monoisotopic (exact) mass is 308 g/mol. The number of carboxylic acid groups (broad SMARTS) is 1. The van der Waals surface area contributed by atoms with E-state index in [4.69, 9.17) is 5.11 Å². The zero-order valence-electron chi connectivity index (χ0n) is 9.58. The average molecular weight is 309 g/mol. The molecule has 0 fully saturated rings. The first kappa shape index (κ1) is 12.8. The van der Waals surface area contributed by atoms with Gasteiger partial charge in [0.1, 0.15) is 5.82 Å². The minimum atomic E-state index is -1.07. The summed E-state index contributed by atoms with van der Waals surface area (Å²) in [5.74, 6) is -1.50. The Morgan fingerprint density at radius 1 is 1.17 bits per heavy atom. The van der Waals surface area contributed by atoms with Crippen LogP contribution in [0.25, 0.3) is 11.1 Å². The van der Waals surface area contributed by atoms with Crippen LogP contribution in [0.15, 0.2) is 40.9 Å². The van der Waals surface area contributed by atoms with Crippen molar-refractivity contribution in [2.24, 2.45) is 0 Å². The summed E-state index contributed by atoms with van der Waals surface area (Å²) < 4.78 is 14.5. The fourth-order valence-electron chi connectivity index (χ4n) is 1.77. The van der Waals surface area contributed by atoms with Crippen molar-refractivity contribution >= 4 is 21.9 Å². The van der Waals surface area contributed by atoms with Gasteiger partial charge >= 0.3 is 5.97 Å². The highest BCUT2D eigenvalue weighted by Crippen LogP contribution is 2.30. The summed E-state index contributed by atoms with van der Waals surface area (Å²) in [6.07, 6.45) is 0. The lowest BCUT2D eigenvalue weighted by atomic mass is 9.97. The van der Waals surface area contributed by atoms with E-state index in [1.54, 1.807) is 24.3 Å². The molecule has 0 aromatic heterocycles. The molecule has 0 atom stereocenters. The molecule has 0 aliphatic carbocycles. The lowest BCUT2D eigenvalue weighted by Gasteiger charge is -2.09. The van der Waals surface area contributed by atoms with E-state index in [-0.39, 0.29) is 11.1 Å². The van der Waals surface area contributed by atoms with Crippen LogP contribution in [0.2, 0.25) is 0 Å². The van der Waals surface area contributed by atoms with Crippen LogP contribution in [0.5, 0.6) is 0 Å². The van der Waals surface area contributed by atoms with E-state index in [2.05, 4.69) is 15.9 Å². The van der Waals surface area contributed by atoms with Gasteiger partial charge in [-0.1, -0.05) is 33.6 Å². The van der Waals surface area contributed by atoms with Gasteiger partial charge in [0.25, 0.3) is 0 Å². The van der Waals surface area contributed by atoms with Gasteiger partial charge in [-0.25, -0.2) is 9.18 Å². The number of rotatable bonds is 2. The van der Waals surface area contributed by atoms with Crippen LogP contribution < -0.4 is 0 Å². The molecule has 0 unspecified atom stereocenters. The molecule has 1 N–H and O–H groups in total. The topological polar surface area (TPSA) is 37.3 Å². The van der Waals surface area contributed by atoms with Gasteiger partial charge in [0.2, 0.25) is 0 Å². The van der Waals surface area contributed by atoms with Crippen molar-refractivity contribution in [3.63, 3.8) is 0 Å². The maximum atomic E-state index is 13.8. The molecule has 0 saturated carbocycles. The summed E-state index contributed by atoms with van der Waals surface area (Å²) in [4.78, 5) is 11.2. The normalized spacial score (nSPS) is 10.4. The number of benzene rings is 2. The van der Waals surface area contributed by atoms with Gasteiger partial charge in [-0.05, 0) is 36.8 Å². The first-order chi connectivity index (χ1) is 8.49. The van der Waals surface area contributed by atoms with Gasteiger partial charge in [0, 0.05) is 10.0 Å². The molecule has 0 spiro atoms. The summed E-state index contributed by atoms with van der Waals surface area (Å²) in [5, 5.41) is 9.14. The minimum absolute atomic E-state index is 0.0950. The Kier molecular flexibility index (Phi) is 3.48. The molecule has 0 saturated heterocycles. The van der Waals surface area contributed by atoms with Crippen LogP contribution in [-0.2, 0) is 0 Å². The molecule has 0 amide bonds. The van der Waals surface area contributed by atoms with E-state index in [9.17, 15) is 9.18 Å². The highest BCUT2D eigenvalue weighted by molar-refractivity contribution is 9.10. The number of hydrogen-bond acceptors (Lipinski definition) is 1. The van der Waals surface area contributed by atoms with Gasteiger partial charge in [-0.2, -0.15) is 0 Å². The molecule has 0 bridgehead atoms. The zero-order chi connectivity index (χ0) is 13.3. The second-order valence-electron chi connectivity index (χ2n) is 3.98. The van der Waals surface area contributed by atoms with E-state index >= 15 is 0 Å². The SMILES string of the molecule is Cc1ccc(C(=O)O)c(-c2cc(Br)ccc2F)c1. The third-order valence-electron chi connectivity index (χ3n) is 2.62. The van der Waals surface area contributed by atoms with Crippen molar-refractivity contribution in [3.05, 3.63) is 57.8 Å². The Hall–Kier alpha value is -1.68. The number of halogens is 2. The largest absolute Gasteiger partial charge is 0.478 e. The molecule has 2 rings (SSSR count). The molecule has 0 heterocycles. The van der Waals surface area contributed by atoms with Crippen molar-refractivity contribution in [1.29, 1.82) is 0 Å². The second kappa shape index (κ2) is 4.90. The summed E-state index contributed by atoms with van der Waals surface area (Å²) in [7, 11) is 0. The molecule has 2 aromatic rings. The molecular formula is C14H10BrFO2. The molecule has 2 nitrogen and oxygen atoms in total. The molecule has 0 aliphatic rings. The van der Waals surface area contributed by atoms with E-state index in [0.717, 1.165) is 5.56 Å². The third-order valence-corrected chi connectivity index (χ3v) is 3.12. The summed E-state index contributed by atoms with van der Waals surface area (Å²) in [6, 6.07) is 9.34. The van der Waals surface area contributed by atoms with Crippen LogP contribution in [0.4, 0.5) is 4.39 Å². The lowest BCUT2D eigenvalue weighted by molar-refractivity contribution is 0.0697. The maximum Gasteiger partial charge on any atom is 0.336 e. The number of aromatic carboxylic acids is 1. The van der Waals surface area contributed by atoms with Crippen LogP contribution in [-0.4, -0.2) is 11.1 Å². The lowest BCUT2D eigenvalue weighted by Crippen LogP contribution is -2.01. The van der Waals surface area contributed by atoms with Gasteiger partial charge in [-0.15, -0.1) is 0 Å². The summed E-state index contributed by atoms with van der Waals surface area (Å²) in [5.41, 5.74) is 1.65. The van der Waals surface area contributed by atoms with Crippen molar-refractivity contribution in [1.82, 2.24) is 0 Å². The third kappa shape index (κ3) is 2.43. The fourth-order valence-corrected chi connectivity index (χ4v) is 2.13. The highest BCUT2D eigenvalue weighted by Gasteiger charge is 2.15. The molecule has 0 aliphatic heterocycles. The van der Waals surface area contributed by atoms with Crippen molar-refractivity contribution < 1.29 is 14.3 Å². The van der Waals surface area contributed by atoms with Crippen LogP contribution >= 0.6 is 15.9 Å². The average Bonchev–Trinajstić information content (AvgIpc) is 2.31. The highest BCUT2D eigenvalue weighted by atomic mass is 79.9. The summed E-state index contributed by atoms with van der Waals surface area (Å²) in [6.45, 7) is 1.84. The molecule has 2 aromatic carbocycles. The van der Waals surface area contributed by atoms with Crippen LogP contribution in [0.1, 0.15) is 15.9 Å². The number of hydrogen-bond donors (Lipinski definition) is 1. The molecule has 92 valence electrons. The Morgan fingerprint density at radius 3 is 2.56 bits per heavy atom. The predicted molar refractivity (Wildman–Crippen MR) is 71.2 cm³/mol. The standard InChI is InChI=1S/C14H10BrFO2/c1-8-2-4-10(14(17)18)11(6-8)12-7-9(15)3-5-13(12)16/h2-7H,1H3,(H,17,18).